The van der Waals surface area contributed by atoms with Gasteiger partial charge in [0.15, 0.2) is 0 Å². The van der Waals surface area contributed by atoms with Gasteiger partial charge >= 0.3 is 0 Å². The van der Waals surface area contributed by atoms with Crippen molar-refractivity contribution in [1.29, 1.82) is 5.26 Å². The molecule has 2 rings (SSSR count). The summed E-state index contributed by atoms with van der Waals surface area (Å²) in [5, 5.41) is 12.1. The number of carbonyl (C=O) groups excluding carboxylic acids is 1. The van der Waals surface area contributed by atoms with Crippen LogP contribution in [0.25, 0.3) is 11.6 Å². The van der Waals surface area contributed by atoms with E-state index in [1.807, 2.05) is 48.5 Å². The number of benzene rings is 2. The van der Waals surface area contributed by atoms with Crippen LogP contribution in [0.5, 0.6) is 0 Å². The number of nitrogens with one attached hydrogen (secondary N) is 1. The summed E-state index contributed by atoms with van der Waals surface area (Å²) in [6.45, 7) is 1.45. The van der Waals surface area contributed by atoms with E-state index in [2.05, 4.69) is 11.4 Å². The van der Waals surface area contributed by atoms with Crippen LogP contribution in [0.1, 0.15) is 18.1 Å². The summed E-state index contributed by atoms with van der Waals surface area (Å²) in [7, 11) is 0. The molecule has 0 aliphatic heterocycles. The van der Waals surface area contributed by atoms with Gasteiger partial charge in [-0.2, -0.15) is 5.26 Å². The zero-order valence-electron chi connectivity index (χ0n) is 11.1. The van der Waals surface area contributed by atoms with Crippen LogP contribution in [0.15, 0.2) is 54.6 Å². The minimum absolute atomic E-state index is 0.158. The van der Waals surface area contributed by atoms with E-state index in [1.165, 1.54) is 6.92 Å². The van der Waals surface area contributed by atoms with Gasteiger partial charge < -0.3 is 5.32 Å². The van der Waals surface area contributed by atoms with E-state index in [4.69, 9.17) is 0 Å². The third-order valence-corrected chi connectivity index (χ3v) is 2.76. The standard InChI is InChI=1S/C17H14N2O/c1-13(20)19-17-10-6-5-9-16(17)15(12-18)11-14-7-3-2-4-8-14/h2-11H,1H3,(H,19,20). The smallest absolute Gasteiger partial charge is 0.221 e. The largest absolute Gasteiger partial charge is 0.326 e. The van der Waals surface area contributed by atoms with Crippen molar-refractivity contribution in [1.82, 2.24) is 0 Å². The lowest BCUT2D eigenvalue weighted by atomic mass is 10.0. The Labute approximate surface area is 118 Å². The van der Waals surface area contributed by atoms with Crippen LogP contribution in [-0.2, 0) is 4.79 Å². The van der Waals surface area contributed by atoms with Crippen LogP contribution in [0, 0.1) is 11.3 Å². The molecule has 0 atom stereocenters. The first-order chi connectivity index (χ1) is 9.70. The van der Waals surface area contributed by atoms with Gasteiger partial charge in [0, 0.05) is 18.2 Å². The van der Waals surface area contributed by atoms with E-state index in [0.29, 0.717) is 16.8 Å². The summed E-state index contributed by atoms with van der Waals surface area (Å²) >= 11 is 0. The lowest BCUT2D eigenvalue weighted by molar-refractivity contribution is -0.114. The second-order valence-corrected chi connectivity index (χ2v) is 4.31. The van der Waals surface area contributed by atoms with Gasteiger partial charge in [0.25, 0.3) is 0 Å². The predicted molar refractivity (Wildman–Crippen MR) is 80.7 cm³/mol. The lowest BCUT2D eigenvalue weighted by Gasteiger charge is -2.08. The maximum atomic E-state index is 11.2. The normalized spacial score (nSPS) is 10.7. The summed E-state index contributed by atoms with van der Waals surface area (Å²) in [4.78, 5) is 11.2. The Hall–Kier alpha value is -2.86. The lowest BCUT2D eigenvalue weighted by Crippen LogP contribution is -2.07. The van der Waals surface area contributed by atoms with E-state index in [0.717, 1.165) is 5.56 Å². The summed E-state index contributed by atoms with van der Waals surface area (Å²) < 4.78 is 0. The second kappa shape index (κ2) is 6.35. The molecule has 3 heteroatoms. The first kappa shape index (κ1) is 13.6. The molecule has 20 heavy (non-hydrogen) atoms. The number of hydrogen-bond acceptors (Lipinski definition) is 2. The topological polar surface area (TPSA) is 52.9 Å². The van der Waals surface area contributed by atoms with E-state index in [-0.39, 0.29) is 5.91 Å². The molecular weight excluding hydrogens is 248 g/mol. The fraction of sp³-hybridized carbons (Fsp3) is 0.0588. The van der Waals surface area contributed by atoms with Gasteiger partial charge in [0.05, 0.1) is 11.6 Å². The number of hydrogen-bond donors (Lipinski definition) is 1. The van der Waals surface area contributed by atoms with Crippen molar-refractivity contribution in [3.8, 4) is 6.07 Å². The molecule has 1 N–H and O–H groups in total. The van der Waals surface area contributed by atoms with Gasteiger partial charge in [0.2, 0.25) is 5.91 Å². The molecule has 3 nitrogen and oxygen atoms in total. The minimum Gasteiger partial charge on any atom is -0.326 e. The average molecular weight is 262 g/mol. The van der Waals surface area contributed by atoms with Gasteiger partial charge in [0.1, 0.15) is 0 Å². The number of allylic oxidation sites excluding steroid dienone is 1. The molecule has 2 aromatic rings. The summed E-state index contributed by atoms with van der Waals surface area (Å²) in [6.07, 6.45) is 1.81. The Morgan fingerprint density at radius 2 is 1.75 bits per heavy atom. The number of anilines is 1. The highest BCUT2D eigenvalue weighted by molar-refractivity contribution is 5.98. The van der Waals surface area contributed by atoms with Crippen molar-refractivity contribution in [2.75, 3.05) is 5.32 Å². The summed E-state index contributed by atoms with van der Waals surface area (Å²) in [5.41, 5.74) is 2.82. The second-order valence-electron chi connectivity index (χ2n) is 4.31. The Morgan fingerprint density at radius 1 is 1.10 bits per heavy atom. The average Bonchev–Trinajstić information content (AvgIpc) is 2.46. The highest BCUT2D eigenvalue weighted by Crippen LogP contribution is 2.25. The molecule has 98 valence electrons. The third kappa shape index (κ3) is 3.33. The maximum Gasteiger partial charge on any atom is 0.221 e. The fourth-order valence-corrected chi connectivity index (χ4v) is 1.90. The highest BCUT2D eigenvalue weighted by Gasteiger charge is 2.08. The Morgan fingerprint density at radius 3 is 2.40 bits per heavy atom. The van der Waals surface area contributed by atoms with Gasteiger partial charge in [-0.1, -0.05) is 48.5 Å². The Balaban J connectivity index is 2.46. The Kier molecular flexibility index (Phi) is 4.31. The molecule has 2 aromatic carbocycles. The van der Waals surface area contributed by atoms with Gasteiger partial charge in [-0.15, -0.1) is 0 Å². The van der Waals surface area contributed by atoms with Crippen LogP contribution < -0.4 is 5.32 Å². The molecule has 0 spiro atoms. The van der Waals surface area contributed by atoms with Crippen LogP contribution in [0.4, 0.5) is 5.69 Å². The van der Waals surface area contributed by atoms with E-state index < -0.39 is 0 Å². The molecule has 1 amide bonds. The quantitative estimate of drug-likeness (QED) is 0.677. The van der Waals surface area contributed by atoms with Gasteiger partial charge in [-0.05, 0) is 17.7 Å². The third-order valence-electron chi connectivity index (χ3n) is 2.76. The number of para-hydroxylation sites is 1. The molecule has 0 bridgehead atoms. The minimum atomic E-state index is -0.158. The maximum absolute atomic E-state index is 11.2. The van der Waals surface area contributed by atoms with Crippen molar-refractivity contribution >= 4 is 23.2 Å². The van der Waals surface area contributed by atoms with Crippen LogP contribution in [0.3, 0.4) is 0 Å². The molecule has 0 unspecified atom stereocenters. The zero-order valence-corrected chi connectivity index (χ0v) is 11.1. The number of carbonyl (C=O) groups is 1. The van der Waals surface area contributed by atoms with Crippen molar-refractivity contribution in [3.63, 3.8) is 0 Å². The molecule has 0 saturated heterocycles. The first-order valence-electron chi connectivity index (χ1n) is 6.24. The number of rotatable bonds is 3. The van der Waals surface area contributed by atoms with Crippen molar-refractivity contribution in [3.05, 3.63) is 65.7 Å². The molecule has 0 saturated carbocycles. The zero-order chi connectivity index (χ0) is 14.4. The van der Waals surface area contributed by atoms with Crippen molar-refractivity contribution < 1.29 is 4.79 Å². The van der Waals surface area contributed by atoms with Crippen LogP contribution in [-0.4, -0.2) is 5.91 Å². The fourth-order valence-electron chi connectivity index (χ4n) is 1.90. The summed E-state index contributed by atoms with van der Waals surface area (Å²) in [6, 6.07) is 19.1. The number of nitrogens with zero attached hydrogens (tertiary/aromatic N) is 1. The molecule has 0 heterocycles. The van der Waals surface area contributed by atoms with E-state index in [9.17, 15) is 10.1 Å². The first-order valence-corrected chi connectivity index (χ1v) is 6.24. The molecule has 0 aliphatic carbocycles. The van der Waals surface area contributed by atoms with Crippen LogP contribution in [0.2, 0.25) is 0 Å². The van der Waals surface area contributed by atoms with Crippen molar-refractivity contribution in [2.24, 2.45) is 0 Å². The SMILES string of the molecule is CC(=O)Nc1ccccc1C(C#N)=Cc1ccccc1. The molecule has 0 aromatic heterocycles. The monoisotopic (exact) mass is 262 g/mol. The van der Waals surface area contributed by atoms with Gasteiger partial charge in [-0.25, -0.2) is 0 Å². The van der Waals surface area contributed by atoms with Crippen molar-refractivity contribution in [2.45, 2.75) is 6.92 Å². The molecule has 0 radical (unpaired) electrons. The summed E-state index contributed by atoms with van der Waals surface area (Å²) in [5.74, 6) is -0.158. The van der Waals surface area contributed by atoms with Gasteiger partial charge in [-0.3, -0.25) is 4.79 Å². The van der Waals surface area contributed by atoms with Crippen LogP contribution >= 0.6 is 0 Å². The van der Waals surface area contributed by atoms with E-state index >= 15 is 0 Å². The molecular formula is C17H14N2O. The predicted octanol–water partition coefficient (Wildman–Crippen LogP) is 3.71. The number of nitriles is 1. The highest BCUT2D eigenvalue weighted by atomic mass is 16.1. The molecule has 0 fully saturated rings. The van der Waals surface area contributed by atoms with E-state index in [1.54, 1.807) is 12.1 Å². The molecule has 0 aliphatic rings. The number of amides is 1. The Bertz CT molecular complexity index is 682.